The number of hydrogen-bond acceptors (Lipinski definition) is 4. The van der Waals surface area contributed by atoms with Crippen LogP contribution in [0, 0.1) is 0 Å². The highest BCUT2D eigenvalue weighted by molar-refractivity contribution is 7.99. The first-order chi connectivity index (χ1) is 7.33. The maximum absolute atomic E-state index is 5.04. The maximum Gasteiger partial charge on any atom is 0.0589 e. The van der Waals surface area contributed by atoms with Crippen molar-refractivity contribution in [2.45, 2.75) is 18.9 Å². The Labute approximate surface area is 97.9 Å². The van der Waals surface area contributed by atoms with Gasteiger partial charge in [0.25, 0.3) is 0 Å². The molecule has 1 fully saturated rings. The third-order valence-corrected chi connectivity index (χ3v) is 3.87. The molecule has 0 aromatic heterocycles. The lowest BCUT2D eigenvalue weighted by molar-refractivity contribution is 0.161. The molecule has 0 saturated carbocycles. The molecule has 0 aromatic carbocycles. The third-order valence-electron chi connectivity index (χ3n) is 2.82. The number of nitrogens with zero attached hydrogens (tertiary/aromatic N) is 1. The number of nitrogens with one attached hydrogen (secondary N) is 1. The van der Waals surface area contributed by atoms with Crippen LogP contribution in [-0.4, -0.2) is 62.8 Å². The molecule has 3 nitrogen and oxygen atoms in total. The molecule has 0 atom stereocenters. The molecule has 90 valence electrons. The van der Waals surface area contributed by atoms with Crippen molar-refractivity contribution in [3.8, 4) is 0 Å². The minimum atomic E-state index is 0.766. The summed E-state index contributed by atoms with van der Waals surface area (Å²) >= 11 is 2.08. The van der Waals surface area contributed by atoms with E-state index in [1.165, 1.54) is 24.3 Å². The number of ether oxygens (including phenoxy) is 1. The summed E-state index contributed by atoms with van der Waals surface area (Å²) in [6.07, 6.45) is 2.68. The zero-order chi connectivity index (χ0) is 10.9. The number of rotatable bonds is 7. The summed E-state index contributed by atoms with van der Waals surface area (Å²) in [4.78, 5) is 2.31. The summed E-state index contributed by atoms with van der Waals surface area (Å²) in [7, 11) is 3.91. The van der Waals surface area contributed by atoms with Crippen molar-refractivity contribution in [3.63, 3.8) is 0 Å². The average Bonchev–Trinajstić information content (AvgIpc) is 2.28. The van der Waals surface area contributed by atoms with E-state index >= 15 is 0 Å². The van der Waals surface area contributed by atoms with E-state index in [-0.39, 0.29) is 0 Å². The summed E-state index contributed by atoms with van der Waals surface area (Å²) in [5.41, 5.74) is 0. The second kappa shape index (κ2) is 8.39. The van der Waals surface area contributed by atoms with Crippen molar-refractivity contribution in [3.05, 3.63) is 0 Å². The van der Waals surface area contributed by atoms with Gasteiger partial charge in [-0.2, -0.15) is 11.8 Å². The summed E-state index contributed by atoms with van der Waals surface area (Å²) in [6, 6.07) is 0.766. The zero-order valence-corrected chi connectivity index (χ0v) is 10.8. The van der Waals surface area contributed by atoms with Gasteiger partial charge in [0.05, 0.1) is 6.61 Å². The second-order valence-corrected chi connectivity index (χ2v) is 5.36. The van der Waals surface area contributed by atoms with Gasteiger partial charge in [-0.25, -0.2) is 0 Å². The highest BCUT2D eigenvalue weighted by atomic mass is 32.2. The van der Waals surface area contributed by atoms with E-state index in [0.29, 0.717) is 0 Å². The lowest BCUT2D eigenvalue weighted by Gasteiger charge is -2.24. The molecular weight excluding hydrogens is 208 g/mol. The smallest absolute Gasteiger partial charge is 0.0589 e. The van der Waals surface area contributed by atoms with Crippen molar-refractivity contribution in [2.75, 3.05) is 51.9 Å². The molecular formula is C11H24N2OS. The van der Waals surface area contributed by atoms with Gasteiger partial charge in [0.15, 0.2) is 0 Å². The number of methoxy groups -OCH3 is 1. The normalized spacial score (nSPS) is 18.6. The predicted octanol–water partition coefficient (Wildman–Crippen LogP) is 1.05. The number of thioether (sulfide) groups is 1. The molecule has 1 rings (SSSR count). The lowest BCUT2D eigenvalue weighted by Crippen LogP contribution is -2.38. The van der Waals surface area contributed by atoms with Crippen molar-refractivity contribution >= 4 is 11.8 Å². The van der Waals surface area contributed by atoms with Crippen LogP contribution in [0.3, 0.4) is 0 Å². The van der Waals surface area contributed by atoms with Crippen LogP contribution in [0.4, 0.5) is 0 Å². The Bertz CT molecular complexity index is 152. The molecule has 0 amide bonds. The molecule has 0 radical (unpaired) electrons. The Morgan fingerprint density at radius 1 is 1.33 bits per heavy atom. The van der Waals surface area contributed by atoms with Crippen LogP contribution in [0.1, 0.15) is 12.8 Å². The SMILES string of the molecule is COCCN(C)CCNC1CCSCC1. The highest BCUT2D eigenvalue weighted by Gasteiger charge is 2.12. The molecule has 0 aliphatic carbocycles. The molecule has 0 bridgehead atoms. The van der Waals surface area contributed by atoms with Crippen molar-refractivity contribution in [2.24, 2.45) is 0 Å². The van der Waals surface area contributed by atoms with E-state index in [1.54, 1.807) is 7.11 Å². The minimum absolute atomic E-state index is 0.766. The van der Waals surface area contributed by atoms with E-state index in [9.17, 15) is 0 Å². The first kappa shape index (κ1) is 13.3. The fraction of sp³-hybridized carbons (Fsp3) is 1.00. The standard InChI is InChI=1S/C11H24N2OS/c1-13(7-8-14-2)6-5-12-11-3-9-15-10-4-11/h11-12H,3-10H2,1-2H3. The Morgan fingerprint density at radius 2 is 2.07 bits per heavy atom. The third kappa shape index (κ3) is 6.40. The van der Waals surface area contributed by atoms with Gasteiger partial charge < -0.3 is 15.0 Å². The Morgan fingerprint density at radius 3 is 2.73 bits per heavy atom. The van der Waals surface area contributed by atoms with Gasteiger partial charge in [0.1, 0.15) is 0 Å². The van der Waals surface area contributed by atoms with Crippen LogP contribution >= 0.6 is 11.8 Å². The average molecular weight is 232 g/mol. The van der Waals surface area contributed by atoms with Crippen LogP contribution in [0.25, 0.3) is 0 Å². The van der Waals surface area contributed by atoms with Gasteiger partial charge in [0, 0.05) is 32.8 Å². The van der Waals surface area contributed by atoms with Gasteiger partial charge in [-0.05, 0) is 31.4 Å². The molecule has 1 N–H and O–H groups in total. The summed E-state index contributed by atoms with van der Waals surface area (Å²) in [5.74, 6) is 2.66. The van der Waals surface area contributed by atoms with E-state index in [2.05, 4.69) is 29.0 Å². The summed E-state index contributed by atoms with van der Waals surface area (Å²) < 4.78 is 5.04. The maximum atomic E-state index is 5.04. The zero-order valence-electron chi connectivity index (χ0n) is 10.00. The monoisotopic (exact) mass is 232 g/mol. The van der Waals surface area contributed by atoms with Gasteiger partial charge in [-0.1, -0.05) is 0 Å². The topological polar surface area (TPSA) is 24.5 Å². The van der Waals surface area contributed by atoms with Gasteiger partial charge in [-0.15, -0.1) is 0 Å². The van der Waals surface area contributed by atoms with Crippen LogP contribution in [0.15, 0.2) is 0 Å². The predicted molar refractivity (Wildman–Crippen MR) is 67.7 cm³/mol. The van der Waals surface area contributed by atoms with Crippen LogP contribution < -0.4 is 5.32 Å². The van der Waals surface area contributed by atoms with E-state index in [4.69, 9.17) is 4.74 Å². The Balaban J connectivity index is 1.94. The molecule has 0 unspecified atom stereocenters. The molecule has 1 aliphatic rings. The van der Waals surface area contributed by atoms with E-state index in [0.717, 1.165) is 32.3 Å². The molecule has 1 heterocycles. The summed E-state index contributed by atoms with van der Waals surface area (Å²) in [5, 5.41) is 3.63. The van der Waals surface area contributed by atoms with Gasteiger partial charge in [-0.3, -0.25) is 0 Å². The fourth-order valence-electron chi connectivity index (χ4n) is 1.72. The van der Waals surface area contributed by atoms with Crippen LogP contribution in [0.2, 0.25) is 0 Å². The molecule has 0 aromatic rings. The molecule has 0 spiro atoms. The second-order valence-electron chi connectivity index (χ2n) is 4.14. The quantitative estimate of drug-likeness (QED) is 0.709. The van der Waals surface area contributed by atoms with Gasteiger partial charge >= 0.3 is 0 Å². The van der Waals surface area contributed by atoms with Crippen molar-refractivity contribution in [1.29, 1.82) is 0 Å². The fourth-order valence-corrected chi connectivity index (χ4v) is 2.83. The number of hydrogen-bond donors (Lipinski definition) is 1. The largest absolute Gasteiger partial charge is 0.383 e. The van der Waals surface area contributed by atoms with Crippen molar-refractivity contribution < 1.29 is 4.74 Å². The van der Waals surface area contributed by atoms with Crippen molar-refractivity contribution in [1.82, 2.24) is 10.2 Å². The van der Waals surface area contributed by atoms with Gasteiger partial charge in [0.2, 0.25) is 0 Å². The molecule has 1 saturated heterocycles. The molecule has 4 heteroatoms. The van der Waals surface area contributed by atoms with E-state index in [1.807, 2.05) is 0 Å². The molecule has 15 heavy (non-hydrogen) atoms. The van der Waals surface area contributed by atoms with E-state index < -0.39 is 0 Å². The first-order valence-corrected chi connectivity index (χ1v) is 6.97. The Hall–Kier alpha value is 0.230. The minimum Gasteiger partial charge on any atom is -0.383 e. The van der Waals surface area contributed by atoms with Crippen LogP contribution in [0.5, 0.6) is 0 Å². The molecule has 1 aliphatic heterocycles. The first-order valence-electron chi connectivity index (χ1n) is 5.81. The highest BCUT2D eigenvalue weighted by Crippen LogP contribution is 2.16. The van der Waals surface area contributed by atoms with Crippen LogP contribution in [-0.2, 0) is 4.74 Å². The number of likely N-dealkylation sites (N-methyl/N-ethyl adjacent to an activating group) is 1. The lowest BCUT2D eigenvalue weighted by atomic mass is 10.1. The summed E-state index contributed by atoms with van der Waals surface area (Å²) in [6.45, 7) is 4.08. The Kier molecular flexibility index (Phi) is 7.44.